The van der Waals surface area contributed by atoms with Crippen molar-refractivity contribution < 1.29 is 39.8 Å². The van der Waals surface area contributed by atoms with E-state index in [1.54, 1.807) is 34.7 Å². The molecule has 0 spiro atoms. The van der Waals surface area contributed by atoms with Gasteiger partial charge in [-0.05, 0) is 79.8 Å². The van der Waals surface area contributed by atoms with E-state index in [1.807, 2.05) is 39.6 Å². The van der Waals surface area contributed by atoms with Gasteiger partial charge in [-0.15, -0.1) is 0 Å². The second-order valence-corrected chi connectivity index (χ2v) is 12.8. The van der Waals surface area contributed by atoms with Gasteiger partial charge in [-0.3, -0.25) is 4.79 Å². The van der Waals surface area contributed by atoms with Gasteiger partial charge in [0, 0.05) is 25.0 Å². The van der Waals surface area contributed by atoms with Crippen molar-refractivity contribution in [2.45, 2.75) is 141 Å². The average Bonchev–Trinajstić information content (AvgIpc) is 2.81. The molecule has 232 valence electrons. The van der Waals surface area contributed by atoms with Crippen molar-refractivity contribution in [2.75, 3.05) is 20.6 Å². The molecule has 6 N–H and O–H groups in total. The summed E-state index contributed by atoms with van der Waals surface area (Å²) >= 11 is 0. The number of carboxylic acids is 1. The topological polar surface area (TPSA) is 152 Å². The SMILES string of the molecule is CCCC(C)(O)[C@H](O)[C@@H](C)N(C)C[C@H](C)CC(C)(O)C[C@@H](C)C(O[C@H]1CC(NC)[C@H](O)C(C)O1)[C@@H](C)C(=O)O. The predicted octanol–water partition coefficient (Wildman–Crippen LogP) is 2.21. The molecule has 1 aliphatic heterocycles. The molecule has 0 radical (unpaired) electrons. The molecule has 0 aromatic heterocycles. The Morgan fingerprint density at radius 1 is 1.18 bits per heavy atom. The normalized spacial score (nSPS) is 30.0. The number of aliphatic hydroxyl groups is 4. The number of nitrogens with one attached hydrogen (secondary N) is 1. The fourth-order valence-corrected chi connectivity index (χ4v) is 6.27. The van der Waals surface area contributed by atoms with E-state index in [4.69, 9.17) is 9.47 Å². The zero-order valence-corrected chi connectivity index (χ0v) is 25.9. The van der Waals surface area contributed by atoms with E-state index in [1.165, 1.54) is 0 Å². The fourth-order valence-electron chi connectivity index (χ4n) is 6.27. The standard InChI is InChI=1S/C29H58N2O8/c1-11-12-29(8,37)26(33)20(5)31(10)16-17(2)14-28(7,36)15-18(3)25(19(4)27(34)35)39-23-13-22(30-9)24(32)21(6)38-23/h17-26,30,32-33,36-37H,11-16H2,1-10H3,(H,34,35)/t17-,18-,19-,20-,21?,22?,23+,24-,25?,26-,28?,29?/m1/s1. The van der Waals surface area contributed by atoms with Crippen LogP contribution in [0.5, 0.6) is 0 Å². The Kier molecular flexibility index (Phi) is 14.3. The summed E-state index contributed by atoms with van der Waals surface area (Å²) in [6.45, 7) is 15.2. The molecule has 1 heterocycles. The van der Waals surface area contributed by atoms with Crippen molar-refractivity contribution in [2.24, 2.45) is 17.8 Å². The molecule has 1 aliphatic rings. The van der Waals surface area contributed by atoms with Crippen LogP contribution in [0.25, 0.3) is 0 Å². The fraction of sp³-hybridized carbons (Fsp3) is 0.966. The maximum atomic E-state index is 11.9. The summed E-state index contributed by atoms with van der Waals surface area (Å²) in [5.41, 5.74) is -2.26. The van der Waals surface area contributed by atoms with E-state index in [0.717, 1.165) is 6.42 Å². The van der Waals surface area contributed by atoms with Crippen LogP contribution in [0.2, 0.25) is 0 Å². The first kappa shape index (κ1) is 36.2. The number of hydrogen-bond donors (Lipinski definition) is 6. The van der Waals surface area contributed by atoms with Gasteiger partial charge in [0.15, 0.2) is 6.29 Å². The maximum absolute atomic E-state index is 11.9. The quantitative estimate of drug-likeness (QED) is 0.156. The number of aliphatic hydroxyl groups excluding tert-OH is 2. The highest BCUT2D eigenvalue weighted by atomic mass is 16.7. The molecule has 1 rings (SSSR count). The van der Waals surface area contributed by atoms with Crippen molar-refractivity contribution in [1.29, 1.82) is 0 Å². The Hall–Kier alpha value is -0.850. The molecule has 0 amide bonds. The summed E-state index contributed by atoms with van der Waals surface area (Å²) in [4.78, 5) is 13.9. The van der Waals surface area contributed by atoms with Crippen LogP contribution >= 0.6 is 0 Å². The summed E-state index contributed by atoms with van der Waals surface area (Å²) < 4.78 is 12.1. The van der Waals surface area contributed by atoms with Crippen LogP contribution in [0, 0.1) is 17.8 Å². The highest BCUT2D eigenvalue weighted by Crippen LogP contribution is 2.33. The Morgan fingerprint density at radius 2 is 1.77 bits per heavy atom. The van der Waals surface area contributed by atoms with Gasteiger partial charge in [-0.2, -0.15) is 0 Å². The van der Waals surface area contributed by atoms with Crippen LogP contribution in [0.1, 0.15) is 87.5 Å². The zero-order chi connectivity index (χ0) is 30.3. The first-order chi connectivity index (χ1) is 17.9. The zero-order valence-electron chi connectivity index (χ0n) is 25.9. The van der Waals surface area contributed by atoms with Gasteiger partial charge in [0.1, 0.15) is 0 Å². The summed E-state index contributed by atoms with van der Waals surface area (Å²) in [5.74, 6) is -2.03. The maximum Gasteiger partial charge on any atom is 0.308 e. The lowest BCUT2D eigenvalue weighted by molar-refractivity contribution is -0.255. The molecule has 10 heteroatoms. The molecule has 0 aliphatic carbocycles. The number of likely N-dealkylation sites (N-methyl/N-ethyl adjacent to an activating group) is 2. The van der Waals surface area contributed by atoms with Crippen LogP contribution < -0.4 is 5.32 Å². The Balaban J connectivity index is 2.86. The molecular formula is C29H58N2O8. The second-order valence-electron chi connectivity index (χ2n) is 12.8. The number of rotatable bonds is 17. The highest BCUT2D eigenvalue weighted by molar-refractivity contribution is 5.70. The second kappa shape index (κ2) is 15.4. The van der Waals surface area contributed by atoms with Gasteiger partial charge >= 0.3 is 5.97 Å². The molecule has 10 nitrogen and oxygen atoms in total. The smallest absolute Gasteiger partial charge is 0.308 e. The minimum absolute atomic E-state index is 0.0691. The van der Waals surface area contributed by atoms with Crippen molar-refractivity contribution in [3.8, 4) is 0 Å². The number of nitrogens with zero attached hydrogens (tertiary/aromatic N) is 1. The first-order valence-electron chi connectivity index (χ1n) is 14.6. The van der Waals surface area contributed by atoms with Gasteiger partial charge < -0.3 is 45.2 Å². The minimum atomic E-state index is -1.17. The number of carbonyl (C=O) groups is 1. The summed E-state index contributed by atoms with van der Waals surface area (Å²) in [6, 6.07) is -0.507. The van der Waals surface area contributed by atoms with E-state index in [0.29, 0.717) is 32.2 Å². The Morgan fingerprint density at radius 3 is 2.28 bits per heavy atom. The Labute approximate surface area is 236 Å². The summed E-state index contributed by atoms with van der Waals surface area (Å²) in [7, 11) is 3.66. The molecule has 0 bridgehead atoms. The molecular weight excluding hydrogens is 504 g/mol. The summed E-state index contributed by atoms with van der Waals surface area (Å²) in [5, 5.41) is 55.9. The lowest BCUT2D eigenvalue weighted by Gasteiger charge is -2.41. The summed E-state index contributed by atoms with van der Waals surface area (Å²) in [6.07, 6.45) is -0.985. The Bertz CT molecular complexity index is 736. The third-order valence-electron chi connectivity index (χ3n) is 8.52. The van der Waals surface area contributed by atoms with E-state index < -0.39 is 53.8 Å². The number of aliphatic carboxylic acids is 1. The molecule has 1 fully saturated rings. The van der Waals surface area contributed by atoms with Gasteiger partial charge in [0.2, 0.25) is 0 Å². The molecule has 5 unspecified atom stereocenters. The highest BCUT2D eigenvalue weighted by Gasteiger charge is 2.41. The monoisotopic (exact) mass is 562 g/mol. The third-order valence-corrected chi connectivity index (χ3v) is 8.52. The average molecular weight is 563 g/mol. The molecule has 12 atom stereocenters. The predicted molar refractivity (Wildman–Crippen MR) is 151 cm³/mol. The minimum Gasteiger partial charge on any atom is -0.481 e. The molecule has 0 aromatic rings. The van der Waals surface area contributed by atoms with E-state index in [2.05, 4.69) is 5.32 Å². The van der Waals surface area contributed by atoms with E-state index in [-0.39, 0.29) is 23.9 Å². The molecule has 39 heavy (non-hydrogen) atoms. The largest absolute Gasteiger partial charge is 0.481 e. The number of carboxylic acid groups (broad SMARTS) is 1. The van der Waals surface area contributed by atoms with Crippen molar-refractivity contribution >= 4 is 5.97 Å². The van der Waals surface area contributed by atoms with Crippen LogP contribution in [-0.4, -0.2) is 111 Å². The van der Waals surface area contributed by atoms with Crippen LogP contribution in [-0.2, 0) is 14.3 Å². The van der Waals surface area contributed by atoms with Gasteiger partial charge in [-0.25, -0.2) is 0 Å². The van der Waals surface area contributed by atoms with E-state index >= 15 is 0 Å². The van der Waals surface area contributed by atoms with Gasteiger partial charge in [0.05, 0.1) is 41.5 Å². The van der Waals surface area contributed by atoms with Crippen molar-refractivity contribution in [3.05, 3.63) is 0 Å². The molecule has 1 saturated heterocycles. The van der Waals surface area contributed by atoms with Crippen molar-refractivity contribution in [1.82, 2.24) is 10.2 Å². The van der Waals surface area contributed by atoms with Crippen molar-refractivity contribution in [3.63, 3.8) is 0 Å². The number of hydrogen-bond acceptors (Lipinski definition) is 9. The third kappa shape index (κ3) is 10.8. The molecule has 0 aromatic carbocycles. The van der Waals surface area contributed by atoms with Gasteiger partial charge in [0.25, 0.3) is 0 Å². The molecule has 0 saturated carbocycles. The first-order valence-corrected chi connectivity index (χ1v) is 14.6. The number of ether oxygens (including phenoxy) is 2. The van der Waals surface area contributed by atoms with Crippen LogP contribution in [0.4, 0.5) is 0 Å². The van der Waals surface area contributed by atoms with E-state index in [9.17, 15) is 30.3 Å². The van der Waals surface area contributed by atoms with Crippen LogP contribution in [0.15, 0.2) is 0 Å². The van der Waals surface area contributed by atoms with Crippen LogP contribution in [0.3, 0.4) is 0 Å². The van der Waals surface area contributed by atoms with Gasteiger partial charge in [-0.1, -0.05) is 27.2 Å². The lowest BCUT2D eigenvalue weighted by Crippen LogP contribution is -2.54. The lowest BCUT2D eigenvalue weighted by atomic mass is 9.80.